The predicted octanol–water partition coefficient (Wildman–Crippen LogP) is 3.59. The third-order valence-corrected chi connectivity index (χ3v) is 6.12. The lowest BCUT2D eigenvalue weighted by molar-refractivity contribution is -0.144. The summed E-state index contributed by atoms with van der Waals surface area (Å²) >= 11 is 0. The van der Waals surface area contributed by atoms with Gasteiger partial charge >= 0.3 is 0 Å². The number of likely N-dealkylation sites (tertiary alicyclic amines) is 1. The molecule has 1 atom stereocenters. The van der Waals surface area contributed by atoms with Crippen LogP contribution < -0.4 is 9.47 Å². The fourth-order valence-corrected chi connectivity index (χ4v) is 4.26. The molecule has 0 bridgehead atoms. The molecule has 0 radical (unpaired) electrons. The number of amides is 1. The van der Waals surface area contributed by atoms with Crippen molar-refractivity contribution in [2.45, 2.75) is 32.4 Å². The summed E-state index contributed by atoms with van der Waals surface area (Å²) in [5, 5.41) is 0. The number of ether oxygens (including phenoxy) is 2. The maximum Gasteiger partial charge on any atom is 0.228 e. The molecule has 5 heteroatoms. The molecule has 0 aliphatic carbocycles. The molecule has 2 aromatic rings. The molecule has 2 aromatic carbocycles. The maximum absolute atomic E-state index is 13.2. The van der Waals surface area contributed by atoms with Gasteiger partial charge in [0.25, 0.3) is 0 Å². The summed E-state index contributed by atoms with van der Waals surface area (Å²) in [7, 11) is 1.88. The van der Waals surface area contributed by atoms with E-state index in [1.807, 2.05) is 42.3 Å². The van der Waals surface area contributed by atoms with Crippen molar-refractivity contribution >= 4 is 5.91 Å². The van der Waals surface area contributed by atoms with Crippen molar-refractivity contribution in [3.05, 3.63) is 60.2 Å². The molecule has 5 nitrogen and oxygen atoms in total. The van der Waals surface area contributed by atoms with E-state index < -0.39 is 0 Å². The summed E-state index contributed by atoms with van der Waals surface area (Å²) in [6, 6.07) is 18.2. The van der Waals surface area contributed by atoms with Gasteiger partial charge in [0.05, 0.1) is 6.54 Å². The largest absolute Gasteiger partial charge is 0.486 e. The van der Waals surface area contributed by atoms with Crippen LogP contribution in [-0.2, 0) is 11.3 Å². The highest BCUT2D eigenvalue weighted by molar-refractivity contribution is 5.82. The minimum Gasteiger partial charge on any atom is -0.486 e. The Hall–Kier alpha value is -2.53. The first-order chi connectivity index (χ1) is 14.0. The topological polar surface area (TPSA) is 42.0 Å². The van der Waals surface area contributed by atoms with Gasteiger partial charge in [0, 0.05) is 19.0 Å². The Morgan fingerprint density at radius 2 is 1.72 bits per heavy atom. The lowest BCUT2D eigenvalue weighted by atomic mass is 9.79. The molecule has 0 N–H and O–H groups in total. The minimum atomic E-state index is -0.310. The first kappa shape index (κ1) is 19.8. The normalized spacial score (nSPS) is 20.8. The zero-order valence-corrected chi connectivity index (χ0v) is 17.3. The summed E-state index contributed by atoms with van der Waals surface area (Å²) in [6.07, 6.45) is 1.63. The molecule has 1 fully saturated rings. The maximum atomic E-state index is 13.2. The van der Waals surface area contributed by atoms with Gasteiger partial charge in [0.2, 0.25) is 5.91 Å². The highest BCUT2D eigenvalue weighted by Gasteiger charge is 2.39. The van der Waals surface area contributed by atoms with Crippen molar-refractivity contribution in [3.8, 4) is 11.5 Å². The number of piperidine rings is 1. The lowest BCUT2D eigenvalue weighted by Crippen LogP contribution is -2.50. The van der Waals surface area contributed by atoms with Crippen LogP contribution in [0, 0.1) is 5.41 Å². The Morgan fingerprint density at radius 1 is 1.07 bits per heavy atom. The summed E-state index contributed by atoms with van der Waals surface area (Å²) in [5.74, 6) is 1.74. The number of benzene rings is 2. The summed E-state index contributed by atoms with van der Waals surface area (Å²) in [5.41, 5.74) is 1.02. The lowest BCUT2D eigenvalue weighted by Gasteiger charge is -2.41. The van der Waals surface area contributed by atoms with E-state index in [0.29, 0.717) is 13.2 Å². The SMILES string of the molecule is CN(CC1COc2ccccc2O1)C(=O)C1(C)CCN(Cc2ccccc2)CC1. The number of nitrogens with zero attached hydrogens (tertiary/aromatic N) is 2. The molecule has 2 aliphatic rings. The molecule has 1 saturated heterocycles. The summed E-state index contributed by atoms with van der Waals surface area (Å²) in [6.45, 7) is 5.96. The molecule has 154 valence electrons. The van der Waals surface area contributed by atoms with E-state index in [1.54, 1.807) is 0 Å². The number of rotatable bonds is 5. The van der Waals surface area contributed by atoms with Crippen LogP contribution in [0.1, 0.15) is 25.3 Å². The predicted molar refractivity (Wildman–Crippen MR) is 113 cm³/mol. The van der Waals surface area contributed by atoms with Crippen molar-refractivity contribution < 1.29 is 14.3 Å². The highest BCUT2D eigenvalue weighted by atomic mass is 16.6. The molecule has 0 spiro atoms. The third-order valence-electron chi connectivity index (χ3n) is 6.12. The summed E-state index contributed by atoms with van der Waals surface area (Å²) in [4.78, 5) is 17.5. The van der Waals surface area contributed by atoms with Gasteiger partial charge in [0.15, 0.2) is 17.6 Å². The van der Waals surface area contributed by atoms with Crippen molar-refractivity contribution in [1.82, 2.24) is 9.80 Å². The van der Waals surface area contributed by atoms with Crippen molar-refractivity contribution in [2.24, 2.45) is 5.41 Å². The highest BCUT2D eigenvalue weighted by Crippen LogP contribution is 2.34. The van der Waals surface area contributed by atoms with Crippen LogP contribution >= 0.6 is 0 Å². The average molecular weight is 395 g/mol. The van der Waals surface area contributed by atoms with E-state index in [0.717, 1.165) is 44.0 Å². The number of hydrogen-bond acceptors (Lipinski definition) is 4. The Balaban J connectivity index is 1.30. The zero-order valence-electron chi connectivity index (χ0n) is 17.3. The van der Waals surface area contributed by atoms with Gasteiger partial charge in [0.1, 0.15) is 6.61 Å². The number of para-hydroxylation sites is 2. The molecule has 4 rings (SSSR count). The van der Waals surface area contributed by atoms with E-state index in [4.69, 9.17) is 9.47 Å². The van der Waals surface area contributed by atoms with E-state index in [9.17, 15) is 4.79 Å². The zero-order chi connectivity index (χ0) is 20.3. The van der Waals surface area contributed by atoms with E-state index in [-0.39, 0.29) is 17.4 Å². The molecule has 29 heavy (non-hydrogen) atoms. The van der Waals surface area contributed by atoms with Gasteiger partial charge in [-0.05, 0) is 43.6 Å². The Bertz CT molecular complexity index is 831. The minimum absolute atomic E-state index is 0.138. The van der Waals surface area contributed by atoms with Gasteiger partial charge in [-0.1, -0.05) is 49.4 Å². The second kappa shape index (κ2) is 8.46. The van der Waals surface area contributed by atoms with Gasteiger partial charge in [-0.25, -0.2) is 0 Å². The number of hydrogen-bond donors (Lipinski definition) is 0. The molecule has 2 aliphatic heterocycles. The first-order valence-corrected chi connectivity index (χ1v) is 10.4. The van der Waals surface area contributed by atoms with Gasteiger partial charge in [-0.3, -0.25) is 9.69 Å². The fourth-order valence-electron chi connectivity index (χ4n) is 4.26. The second-order valence-corrected chi connectivity index (χ2v) is 8.51. The van der Waals surface area contributed by atoms with Gasteiger partial charge in [-0.2, -0.15) is 0 Å². The second-order valence-electron chi connectivity index (χ2n) is 8.51. The standard InChI is InChI=1S/C24H30N2O3/c1-24(12-14-26(15-13-24)16-19-8-4-3-5-9-19)23(27)25(2)17-20-18-28-21-10-6-7-11-22(21)29-20/h3-11,20H,12-18H2,1-2H3. The number of likely N-dealkylation sites (N-methyl/N-ethyl adjacent to an activating group) is 1. The molecule has 0 saturated carbocycles. The Kier molecular flexibility index (Phi) is 5.76. The van der Waals surface area contributed by atoms with Crippen LogP contribution in [0.5, 0.6) is 11.5 Å². The molecular weight excluding hydrogens is 364 g/mol. The van der Waals surface area contributed by atoms with Gasteiger partial charge < -0.3 is 14.4 Å². The molecule has 2 heterocycles. The van der Waals surface area contributed by atoms with Crippen LogP contribution in [0.25, 0.3) is 0 Å². The van der Waals surface area contributed by atoms with Crippen molar-refractivity contribution in [3.63, 3.8) is 0 Å². The molecule has 0 aromatic heterocycles. The monoisotopic (exact) mass is 394 g/mol. The average Bonchev–Trinajstić information content (AvgIpc) is 2.75. The van der Waals surface area contributed by atoms with E-state index in [2.05, 4.69) is 36.1 Å². The van der Waals surface area contributed by atoms with E-state index >= 15 is 0 Å². The van der Waals surface area contributed by atoms with Crippen LogP contribution in [-0.4, -0.2) is 55.1 Å². The Morgan fingerprint density at radius 3 is 2.45 bits per heavy atom. The summed E-state index contributed by atoms with van der Waals surface area (Å²) < 4.78 is 11.8. The van der Waals surface area contributed by atoms with Crippen LogP contribution in [0.3, 0.4) is 0 Å². The number of carbonyl (C=O) groups excluding carboxylic acids is 1. The van der Waals surface area contributed by atoms with Crippen molar-refractivity contribution in [2.75, 3.05) is 33.3 Å². The number of fused-ring (bicyclic) bond motifs is 1. The van der Waals surface area contributed by atoms with Crippen LogP contribution in [0.4, 0.5) is 0 Å². The van der Waals surface area contributed by atoms with Crippen LogP contribution in [0.15, 0.2) is 54.6 Å². The first-order valence-electron chi connectivity index (χ1n) is 10.4. The smallest absolute Gasteiger partial charge is 0.228 e. The fraction of sp³-hybridized carbons (Fsp3) is 0.458. The van der Waals surface area contributed by atoms with Gasteiger partial charge in [-0.15, -0.1) is 0 Å². The third kappa shape index (κ3) is 4.56. The van der Waals surface area contributed by atoms with Crippen LogP contribution in [0.2, 0.25) is 0 Å². The molecular formula is C24H30N2O3. The quantitative estimate of drug-likeness (QED) is 0.777. The molecule has 1 unspecified atom stereocenters. The van der Waals surface area contributed by atoms with E-state index in [1.165, 1.54) is 5.56 Å². The molecule has 1 amide bonds. The van der Waals surface area contributed by atoms with Crippen molar-refractivity contribution in [1.29, 1.82) is 0 Å². The Labute approximate surface area is 173 Å². The number of carbonyl (C=O) groups is 1.